The standard InChI is InChI=1S/C20H20ClNO3/c1-14-13-20(11-12-22-14,18(23)15-7-3-2-4-8-15)25-19(24)16-9-5-6-10-17(16)21/h2-10,14,22H,11-13H2,1H3. The molecule has 0 amide bonds. The number of carbonyl (C=O) groups is 2. The van der Waals surface area contributed by atoms with E-state index >= 15 is 0 Å². The normalized spacial score (nSPS) is 23.0. The van der Waals surface area contributed by atoms with Crippen LogP contribution in [-0.2, 0) is 4.74 Å². The van der Waals surface area contributed by atoms with Crippen LogP contribution in [0.4, 0.5) is 0 Å². The summed E-state index contributed by atoms with van der Waals surface area (Å²) in [6, 6.07) is 15.7. The summed E-state index contributed by atoms with van der Waals surface area (Å²) >= 11 is 6.11. The molecule has 2 aromatic rings. The van der Waals surface area contributed by atoms with Gasteiger partial charge in [0, 0.05) is 24.4 Å². The Kier molecular flexibility index (Phi) is 5.21. The van der Waals surface area contributed by atoms with E-state index in [1.165, 1.54) is 0 Å². The molecule has 25 heavy (non-hydrogen) atoms. The summed E-state index contributed by atoms with van der Waals surface area (Å²) in [5.74, 6) is -0.731. The van der Waals surface area contributed by atoms with Crippen LogP contribution in [0.1, 0.15) is 40.5 Å². The molecule has 5 heteroatoms. The zero-order valence-corrected chi connectivity index (χ0v) is 14.8. The van der Waals surface area contributed by atoms with Crippen molar-refractivity contribution in [3.8, 4) is 0 Å². The number of ketones is 1. The van der Waals surface area contributed by atoms with Crippen molar-refractivity contribution in [2.45, 2.75) is 31.4 Å². The number of piperidine rings is 1. The maximum Gasteiger partial charge on any atom is 0.340 e. The van der Waals surface area contributed by atoms with Gasteiger partial charge in [0.25, 0.3) is 0 Å². The molecule has 1 aliphatic rings. The van der Waals surface area contributed by atoms with Gasteiger partial charge in [0.15, 0.2) is 5.60 Å². The first kappa shape index (κ1) is 17.6. The van der Waals surface area contributed by atoms with E-state index in [1.807, 2.05) is 13.0 Å². The predicted molar refractivity (Wildman–Crippen MR) is 97.1 cm³/mol. The van der Waals surface area contributed by atoms with Crippen molar-refractivity contribution in [3.63, 3.8) is 0 Å². The minimum atomic E-state index is -1.18. The van der Waals surface area contributed by atoms with E-state index in [4.69, 9.17) is 16.3 Å². The first-order valence-corrected chi connectivity index (χ1v) is 8.71. The highest BCUT2D eigenvalue weighted by Crippen LogP contribution is 2.32. The van der Waals surface area contributed by atoms with Crippen LogP contribution in [0.2, 0.25) is 5.02 Å². The van der Waals surface area contributed by atoms with Crippen LogP contribution >= 0.6 is 11.6 Å². The largest absolute Gasteiger partial charge is 0.447 e. The van der Waals surface area contributed by atoms with Crippen LogP contribution < -0.4 is 5.32 Å². The van der Waals surface area contributed by atoms with Gasteiger partial charge in [-0.25, -0.2) is 4.79 Å². The smallest absolute Gasteiger partial charge is 0.340 e. The van der Waals surface area contributed by atoms with Gasteiger partial charge in [-0.1, -0.05) is 54.1 Å². The number of carbonyl (C=O) groups excluding carboxylic acids is 2. The summed E-state index contributed by atoms with van der Waals surface area (Å²) in [6.45, 7) is 2.59. The van der Waals surface area contributed by atoms with Crippen molar-refractivity contribution in [2.75, 3.05) is 6.54 Å². The third-order valence-electron chi connectivity index (χ3n) is 4.49. The second-order valence-electron chi connectivity index (χ2n) is 6.37. The van der Waals surface area contributed by atoms with Gasteiger partial charge in [-0.05, 0) is 25.6 Å². The van der Waals surface area contributed by atoms with E-state index in [1.54, 1.807) is 48.5 Å². The topological polar surface area (TPSA) is 55.4 Å². The molecule has 0 spiro atoms. The van der Waals surface area contributed by atoms with Crippen molar-refractivity contribution in [1.29, 1.82) is 0 Å². The first-order valence-electron chi connectivity index (χ1n) is 8.33. The van der Waals surface area contributed by atoms with Gasteiger partial charge in [-0.2, -0.15) is 0 Å². The average Bonchev–Trinajstić information content (AvgIpc) is 2.62. The fraction of sp³-hybridized carbons (Fsp3) is 0.300. The molecule has 1 fully saturated rings. The number of Topliss-reactive ketones (excluding diaryl/α,β-unsaturated/α-hetero) is 1. The van der Waals surface area contributed by atoms with Crippen LogP contribution in [-0.4, -0.2) is 29.9 Å². The lowest BCUT2D eigenvalue weighted by atomic mass is 9.81. The van der Waals surface area contributed by atoms with Gasteiger partial charge >= 0.3 is 5.97 Å². The van der Waals surface area contributed by atoms with Crippen LogP contribution in [0.25, 0.3) is 0 Å². The van der Waals surface area contributed by atoms with Gasteiger partial charge in [-0.15, -0.1) is 0 Å². The van der Waals surface area contributed by atoms with Crippen molar-refractivity contribution in [1.82, 2.24) is 5.32 Å². The maximum atomic E-state index is 13.2. The van der Waals surface area contributed by atoms with Gasteiger partial charge in [0.2, 0.25) is 5.78 Å². The molecule has 1 aliphatic heterocycles. The molecule has 130 valence electrons. The molecule has 4 nitrogen and oxygen atoms in total. The number of esters is 1. The van der Waals surface area contributed by atoms with Crippen molar-refractivity contribution < 1.29 is 14.3 Å². The molecule has 0 radical (unpaired) electrons. The number of nitrogens with one attached hydrogen (secondary N) is 1. The third kappa shape index (κ3) is 3.75. The lowest BCUT2D eigenvalue weighted by Gasteiger charge is -2.38. The van der Waals surface area contributed by atoms with E-state index in [2.05, 4.69) is 5.32 Å². The summed E-state index contributed by atoms with van der Waals surface area (Å²) in [5, 5.41) is 3.61. The second-order valence-corrected chi connectivity index (χ2v) is 6.78. The Balaban J connectivity index is 1.94. The highest BCUT2D eigenvalue weighted by atomic mass is 35.5. The fourth-order valence-electron chi connectivity index (χ4n) is 3.25. The van der Waals surface area contributed by atoms with Crippen LogP contribution in [0, 0.1) is 0 Å². The van der Waals surface area contributed by atoms with Crippen molar-refractivity contribution in [3.05, 3.63) is 70.7 Å². The number of benzene rings is 2. The number of rotatable bonds is 4. The minimum absolute atomic E-state index is 0.0699. The lowest BCUT2D eigenvalue weighted by Crippen LogP contribution is -2.54. The van der Waals surface area contributed by atoms with E-state index in [9.17, 15) is 9.59 Å². The highest BCUT2D eigenvalue weighted by Gasteiger charge is 2.45. The maximum absolute atomic E-state index is 13.2. The molecule has 1 saturated heterocycles. The summed E-state index contributed by atoms with van der Waals surface area (Å²) < 4.78 is 5.82. The predicted octanol–water partition coefficient (Wildman–Crippen LogP) is 3.89. The van der Waals surface area contributed by atoms with E-state index < -0.39 is 11.6 Å². The zero-order valence-electron chi connectivity index (χ0n) is 14.0. The van der Waals surface area contributed by atoms with Gasteiger partial charge in [0.1, 0.15) is 0 Å². The molecule has 0 saturated carbocycles. The summed E-state index contributed by atoms with van der Waals surface area (Å²) in [4.78, 5) is 25.9. The zero-order chi connectivity index (χ0) is 17.9. The Hall–Kier alpha value is -2.17. The van der Waals surface area contributed by atoms with Crippen LogP contribution in [0.3, 0.4) is 0 Å². The Morgan fingerprint density at radius 1 is 1.12 bits per heavy atom. The van der Waals surface area contributed by atoms with Crippen LogP contribution in [0.15, 0.2) is 54.6 Å². The summed E-state index contributed by atoms with van der Waals surface area (Å²) in [7, 11) is 0. The Labute approximate surface area is 152 Å². The minimum Gasteiger partial charge on any atom is -0.447 e. The highest BCUT2D eigenvalue weighted by molar-refractivity contribution is 6.33. The Morgan fingerprint density at radius 2 is 1.80 bits per heavy atom. The summed E-state index contributed by atoms with van der Waals surface area (Å²) in [5.41, 5.74) is -0.360. The SMILES string of the molecule is CC1CC(OC(=O)c2ccccc2Cl)(C(=O)c2ccccc2)CCN1. The molecule has 0 bridgehead atoms. The summed E-state index contributed by atoms with van der Waals surface area (Å²) in [6.07, 6.45) is 0.859. The third-order valence-corrected chi connectivity index (χ3v) is 4.82. The molecule has 1 N–H and O–H groups in total. The molecule has 1 heterocycles. The molecular weight excluding hydrogens is 338 g/mol. The van der Waals surface area contributed by atoms with Crippen molar-refractivity contribution in [2.24, 2.45) is 0 Å². The molecular formula is C20H20ClNO3. The van der Waals surface area contributed by atoms with Crippen molar-refractivity contribution >= 4 is 23.4 Å². The monoisotopic (exact) mass is 357 g/mol. The van der Waals surface area contributed by atoms with Gasteiger partial charge < -0.3 is 10.1 Å². The first-order chi connectivity index (χ1) is 12.0. The number of hydrogen-bond acceptors (Lipinski definition) is 4. The quantitative estimate of drug-likeness (QED) is 0.666. The number of ether oxygens (including phenoxy) is 1. The Bertz CT molecular complexity index is 778. The lowest BCUT2D eigenvalue weighted by molar-refractivity contribution is -0.0265. The molecule has 2 unspecified atom stereocenters. The van der Waals surface area contributed by atoms with E-state index in [0.717, 1.165) is 0 Å². The number of hydrogen-bond donors (Lipinski definition) is 1. The Morgan fingerprint density at radius 3 is 2.48 bits per heavy atom. The van der Waals surface area contributed by atoms with Crippen LogP contribution in [0.5, 0.6) is 0 Å². The number of halogens is 1. The van der Waals surface area contributed by atoms with Gasteiger partial charge in [0.05, 0.1) is 10.6 Å². The average molecular weight is 358 g/mol. The van der Waals surface area contributed by atoms with E-state index in [0.29, 0.717) is 30.0 Å². The van der Waals surface area contributed by atoms with Gasteiger partial charge in [-0.3, -0.25) is 4.79 Å². The molecule has 2 aromatic carbocycles. The molecule has 2 atom stereocenters. The van der Waals surface area contributed by atoms with E-state index in [-0.39, 0.29) is 17.4 Å². The fourth-order valence-corrected chi connectivity index (χ4v) is 3.46. The molecule has 0 aliphatic carbocycles. The molecule has 3 rings (SSSR count). The second kappa shape index (κ2) is 7.38. The molecule has 0 aromatic heterocycles.